The number of nitrogens with one attached hydrogen (secondary N) is 1. The molecule has 30 heteroatoms. The molecule has 14 aromatic rings. The fourth-order valence-corrected chi connectivity index (χ4v) is 19.3. The van der Waals surface area contributed by atoms with Gasteiger partial charge in [0.15, 0.2) is 0 Å². The van der Waals surface area contributed by atoms with Gasteiger partial charge in [0.1, 0.15) is 28.6 Å². The van der Waals surface area contributed by atoms with Crippen LogP contribution in [-0.4, -0.2) is 194 Å². The Balaban J connectivity index is 0.000000119. The maximum atomic E-state index is 14.1. The lowest BCUT2D eigenvalue weighted by Crippen LogP contribution is -2.51. The van der Waals surface area contributed by atoms with Crippen molar-refractivity contribution < 1.29 is 46.6 Å². The van der Waals surface area contributed by atoms with Gasteiger partial charge in [0.05, 0.1) is 134 Å². The normalized spacial score (nSPS) is 18.0. The van der Waals surface area contributed by atoms with Gasteiger partial charge in [-0.15, -0.1) is 0 Å². The second-order valence-corrected chi connectivity index (χ2v) is 35.0. The average molecular weight is 1810 g/mol. The van der Waals surface area contributed by atoms with Crippen LogP contribution in [0.5, 0.6) is 0 Å². The van der Waals surface area contributed by atoms with E-state index < -0.39 is 11.7 Å². The zero-order chi connectivity index (χ0) is 92.0. The number of carbonyl (C=O) groups excluding carboxylic acids is 4. The minimum atomic E-state index is -4.40. The van der Waals surface area contributed by atoms with Gasteiger partial charge in [0.2, 0.25) is 5.95 Å². The lowest BCUT2D eigenvalue weighted by Gasteiger charge is -2.40. The second kappa shape index (κ2) is 42.0. The third-order valence-corrected chi connectivity index (χ3v) is 26.6. The van der Waals surface area contributed by atoms with Crippen molar-refractivity contribution in [3.8, 4) is 56.3 Å². The number of anilines is 1. The van der Waals surface area contributed by atoms with E-state index in [1.165, 1.54) is 6.07 Å². The van der Waals surface area contributed by atoms with Crippen LogP contribution < -0.4 is 5.32 Å². The van der Waals surface area contributed by atoms with Crippen molar-refractivity contribution in [3.05, 3.63) is 299 Å². The molecule has 0 bridgehead atoms. The van der Waals surface area contributed by atoms with Gasteiger partial charge in [0.25, 0.3) is 23.6 Å². The summed E-state index contributed by atoms with van der Waals surface area (Å²) in [5, 5.41) is 27.3. The number of aryl methyl sites for hydroxylation is 4. The summed E-state index contributed by atoms with van der Waals surface area (Å²) in [6, 6.07) is 60.5. The van der Waals surface area contributed by atoms with E-state index in [0.29, 0.717) is 137 Å². The van der Waals surface area contributed by atoms with Crippen LogP contribution in [-0.2, 0) is 92.1 Å². The van der Waals surface area contributed by atoms with Crippen molar-refractivity contribution in [2.24, 2.45) is 5.92 Å². The van der Waals surface area contributed by atoms with E-state index in [1.54, 1.807) is 4.52 Å². The third-order valence-electron chi connectivity index (χ3n) is 26.6. The first-order valence-electron chi connectivity index (χ1n) is 47.0. The Labute approximate surface area is 776 Å². The van der Waals surface area contributed by atoms with E-state index >= 15 is 0 Å². The number of alkyl halides is 3. The molecule has 5 atom stereocenters. The van der Waals surface area contributed by atoms with Gasteiger partial charge >= 0.3 is 6.18 Å². The van der Waals surface area contributed by atoms with Crippen LogP contribution in [0.15, 0.2) is 231 Å². The molecule has 9 aromatic heterocycles. The first kappa shape index (κ1) is 90.8. The molecule has 0 saturated carbocycles. The Bertz CT molecular complexity index is 6330. The minimum absolute atomic E-state index is 0.000255. The number of carbonyl (C=O) groups is 4. The highest BCUT2D eigenvalue weighted by Gasteiger charge is 2.41. The molecule has 21 rings (SSSR count). The molecule has 7 aliphatic heterocycles. The van der Waals surface area contributed by atoms with Crippen LogP contribution in [0.3, 0.4) is 0 Å². The number of hydrogen-bond acceptors (Lipinski definition) is 18. The molecule has 1 N–H and O–H groups in total. The lowest BCUT2D eigenvalue weighted by molar-refractivity contribution is -0.137. The fraction of sp³-hybridized carbons (Fsp3) is 0.365. The summed E-state index contributed by atoms with van der Waals surface area (Å²) < 4.78 is 65.0. The Morgan fingerprint density at radius 1 is 0.418 bits per heavy atom. The van der Waals surface area contributed by atoms with Crippen LogP contribution in [0.1, 0.15) is 172 Å². The number of rotatable bonds is 22. The summed E-state index contributed by atoms with van der Waals surface area (Å²) in [5.74, 6) is 1.89. The molecule has 4 fully saturated rings. The predicted molar refractivity (Wildman–Crippen MR) is 503 cm³/mol. The molecule has 0 radical (unpaired) electrons. The van der Waals surface area contributed by atoms with Gasteiger partial charge in [-0.3, -0.25) is 42.9 Å². The molecule has 5 aromatic carbocycles. The van der Waals surface area contributed by atoms with Crippen molar-refractivity contribution >= 4 is 35.1 Å². The van der Waals surface area contributed by atoms with Crippen LogP contribution >= 0.6 is 0 Å². The Hall–Kier alpha value is -13.7. The topological polar surface area (TPSA) is 274 Å². The molecule has 0 aliphatic carbocycles. The number of aromatic nitrogens is 15. The monoisotopic (exact) mass is 1810 g/mol. The number of fused-ring (bicyclic) bond motifs is 4. The standard InChI is InChI=1S/C27H30N6O.C27H27N5O2.C25H25F3N4O2.C25H29N5O2/c1-3-20-16-28-27(29-17-20)30-18-23-19(2)10-9-14-32(23)26(34)24-22-13-7-8-15-33(22)31-25(24)21-11-5-4-6-12-21;33-27(25-24-19-34-17-16-32(24)29-26(25)21-10-5-2-6-11-21)31-14-7-12-22(31)18-30-15-13-23(28-30)20-8-3-1-4-9-20;26-25(27,28)18-8-9-19(29-15-18)10-11-20-7-4-12-31(20)24(33)22-21-16-34-14-13-32(21)30-23(22)17-5-2-1-3-6-17;1-2-18-15-26-22(27-16-18)11-10-20-9-6-12-29(20)25(31)23-21-17-32-14-13-30(21)28-24(23)19-7-4-3-5-8-19/h4-8,11-13,15-17,19,23H,3,9-10,14,18H2,1-2H3,(H,28,29,30);1-6,8-11,13,15,22H,7,12,14,16-19H2;1-3,5-6,8-9,15,20H,4,7,10-14,16H2;3-5,7-8,15-16,20H,2,6,9-14,17H2,1H3/t19-,23-;22-;2*20-/m1000/s1. The summed E-state index contributed by atoms with van der Waals surface area (Å²) in [5.41, 5.74) is 16.8. The number of hydrogen-bond donors (Lipinski definition) is 1. The SMILES string of the molecule is CCc1cnc(CC[C@@H]2CCCN2C(=O)c2c(-c3ccccc3)nn3c2COCC3)nc1.CCc1cnc(NC[C@@H]2[C@H](C)CCCN2C(=O)c2c(-c3ccccc3)nn3ccccc23)nc1.O=C(c1c(-c2ccccc2)nn2c1COCC2)N1CCC[C@H]1CCc1ccc(C(F)(F)F)cn1.O=C(c1c(-c2ccccc2)nn2c1COCC2)N1CCC[C@H]1Cn1ccc(-c2ccccc2)n1. The Kier molecular flexibility index (Phi) is 28.5. The van der Waals surface area contributed by atoms with Crippen LogP contribution in [0, 0.1) is 5.92 Å². The van der Waals surface area contributed by atoms with Crippen LogP contribution in [0.25, 0.3) is 61.8 Å². The van der Waals surface area contributed by atoms with Crippen molar-refractivity contribution in [2.45, 2.75) is 187 Å². The van der Waals surface area contributed by atoms with Gasteiger partial charge in [-0.25, -0.2) is 24.5 Å². The number of nitrogens with zero attached hydrogens (tertiary/aromatic N) is 19. The number of ether oxygens (including phenoxy) is 3. The molecule has 0 unspecified atom stereocenters. The molecule has 27 nitrogen and oxygen atoms in total. The molecule has 16 heterocycles. The second-order valence-electron chi connectivity index (χ2n) is 35.0. The average Bonchev–Trinajstić information content (AvgIpc) is 1.62. The van der Waals surface area contributed by atoms with Crippen molar-refractivity contribution in [1.29, 1.82) is 0 Å². The summed E-state index contributed by atoms with van der Waals surface area (Å²) >= 11 is 0. The molecule has 4 amide bonds. The summed E-state index contributed by atoms with van der Waals surface area (Å²) in [6.45, 7) is 15.5. The van der Waals surface area contributed by atoms with Crippen molar-refractivity contribution in [2.75, 3.05) is 57.9 Å². The molecule has 690 valence electrons. The highest BCUT2D eigenvalue weighted by atomic mass is 19.4. The summed E-state index contributed by atoms with van der Waals surface area (Å²) in [7, 11) is 0. The number of likely N-dealkylation sites (tertiary alicyclic amines) is 4. The smallest absolute Gasteiger partial charge is 0.373 e. The first-order valence-corrected chi connectivity index (χ1v) is 47.0. The van der Waals surface area contributed by atoms with Gasteiger partial charge in [-0.1, -0.05) is 178 Å². The van der Waals surface area contributed by atoms with Crippen molar-refractivity contribution in [1.82, 2.24) is 93.3 Å². The van der Waals surface area contributed by atoms with E-state index in [9.17, 15) is 32.3 Å². The minimum Gasteiger partial charge on any atom is -0.373 e. The zero-order valence-electron chi connectivity index (χ0n) is 75.8. The molecule has 134 heavy (non-hydrogen) atoms. The molecule has 0 spiro atoms. The van der Waals surface area contributed by atoms with E-state index in [2.05, 4.69) is 63.1 Å². The van der Waals surface area contributed by atoms with Gasteiger partial charge in [0, 0.05) is 128 Å². The fourth-order valence-electron chi connectivity index (χ4n) is 19.3. The van der Waals surface area contributed by atoms with E-state index in [-0.39, 0.29) is 47.8 Å². The Morgan fingerprint density at radius 3 is 1.31 bits per heavy atom. The molecule has 7 aliphatic rings. The number of pyridine rings is 2. The number of benzene rings is 5. The van der Waals surface area contributed by atoms with Crippen LogP contribution in [0.2, 0.25) is 0 Å². The van der Waals surface area contributed by atoms with Crippen LogP contribution in [0.4, 0.5) is 19.1 Å². The maximum absolute atomic E-state index is 14.1. The molecular weight excluding hydrogens is 1700 g/mol. The lowest BCUT2D eigenvalue weighted by atomic mass is 9.89. The number of amides is 4. The third kappa shape index (κ3) is 20.4. The maximum Gasteiger partial charge on any atom is 0.417 e. The summed E-state index contributed by atoms with van der Waals surface area (Å²) in [4.78, 5) is 85.6. The van der Waals surface area contributed by atoms with Crippen molar-refractivity contribution in [3.63, 3.8) is 0 Å². The highest BCUT2D eigenvalue weighted by Crippen LogP contribution is 2.39. The largest absolute Gasteiger partial charge is 0.417 e. The molecular formula is C104H111F3N20O7. The highest BCUT2D eigenvalue weighted by molar-refractivity contribution is 6.07. The zero-order valence-corrected chi connectivity index (χ0v) is 75.8. The van der Waals surface area contributed by atoms with Gasteiger partial charge in [-0.2, -0.15) is 38.7 Å². The number of halogens is 3. The van der Waals surface area contributed by atoms with E-state index in [0.717, 1.165) is 199 Å². The summed E-state index contributed by atoms with van der Waals surface area (Å²) in [6.07, 6.45) is 20.4. The number of piperidine rings is 1. The van der Waals surface area contributed by atoms with E-state index in [4.69, 9.17) is 39.7 Å². The van der Waals surface area contributed by atoms with Gasteiger partial charge < -0.3 is 39.1 Å². The predicted octanol–water partition coefficient (Wildman–Crippen LogP) is 17.4. The molecule has 4 saturated heterocycles. The van der Waals surface area contributed by atoms with E-state index in [1.807, 2.05) is 239 Å². The Morgan fingerprint density at radius 2 is 0.843 bits per heavy atom. The van der Waals surface area contributed by atoms with Gasteiger partial charge in [-0.05, 0) is 131 Å². The first-order chi connectivity index (χ1) is 65.6. The quantitative estimate of drug-likeness (QED) is 0.0660.